The molecule has 5 fully saturated rings. The molecule has 4 nitrogen and oxygen atoms in total. The van der Waals surface area contributed by atoms with E-state index >= 15 is 0 Å². The number of halogens is 2. The Labute approximate surface area is 178 Å². The molecule has 3 saturated carbocycles. The highest BCUT2D eigenvalue weighted by Crippen LogP contribution is 2.68. The Morgan fingerprint density at radius 3 is 2.48 bits per heavy atom. The first-order chi connectivity index (χ1) is 12.6. The Bertz CT molecular complexity index is 716. The van der Waals surface area contributed by atoms with Gasteiger partial charge in [0.2, 0.25) is 0 Å². The first kappa shape index (κ1) is 18.9. The number of hydrogen-bond acceptors (Lipinski definition) is 3. The first-order valence-corrected chi connectivity index (χ1v) is 12.2. The van der Waals surface area contributed by atoms with Crippen molar-refractivity contribution in [1.29, 1.82) is 0 Å². The van der Waals surface area contributed by atoms with Crippen molar-refractivity contribution in [2.75, 3.05) is 0 Å². The van der Waals surface area contributed by atoms with Gasteiger partial charge in [-0.2, -0.15) is 0 Å². The molecule has 27 heavy (non-hydrogen) atoms. The molecule has 0 aromatic heterocycles. The Kier molecular flexibility index (Phi) is 4.02. The number of carbonyl (C=O) groups is 2. The van der Waals surface area contributed by atoms with Crippen LogP contribution in [0.25, 0.3) is 0 Å². The maximum absolute atomic E-state index is 12.7. The van der Waals surface area contributed by atoms with Gasteiger partial charge >= 0.3 is 11.9 Å². The third kappa shape index (κ3) is 2.21. The van der Waals surface area contributed by atoms with Crippen molar-refractivity contribution in [2.45, 2.75) is 81.2 Å². The molecule has 9 unspecified atom stereocenters. The molecule has 2 heterocycles. The number of amides is 1. The van der Waals surface area contributed by atoms with Gasteiger partial charge in [-0.15, -0.1) is 0 Å². The van der Waals surface area contributed by atoms with E-state index in [4.69, 9.17) is 4.74 Å². The van der Waals surface area contributed by atoms with Crippen molar-refractivity contribution in [1.82, 2.24) is 4.90 Å². The quantitative estimate of drug-likeness (QED) is 0.206. The fourth-order valence-corrected chi connectivity index (χ4v) is 9.68. The van der Waals surface area contributed by atoms with Gasteiger partial charge in [0, 0.05) is 6.04 Å². The van der Waals surface area contributed by atoms with E-state index in [-0.39, 0.29) is 16.3 Å². The summed E-state index contributed by atoms with van der Waals surface area (Å²) in [4.78, 5) is 26.5. The number of hydrogen-bond donors (Lipinski definition) is 0. The zero-order chi connectivity index (χ0) is 19.4. The van der Waals surface area contributed by atoms with Crippen molar-refractivity contribution in [3.05, 3.63) is 0 Å². The number of nitrogens with zero attached hydrogens (tertiary/aromatic N) is 1. The SMILES string of the molecule is CC1CCC2C3CCC4N5C(=O)C(=O)OC5(Br)C(Br)CC4(C)C3CCC12C. The van der Waals surface area contributed by atoms with Crippen LogP contribution in [0.4, 0.5) is 0 Å². The van der Waals surface area contributed by atoms with Crippen molar-refractivity contribution in [3.8, 4) is 0 Å². The monoisotopic (exact) mass is 501 g/mol. The molecule has 5 rings (SSSR count). The average Bonchev–Trinajstić information content (AvgIpc) is 3.03. The van der Waals surface area contributed by atoms with Gasteiger partial charge in [0.1, 0.15) is 0 Å². The summed E-state index contributed by atoms with van der Waals surface area (Å²) in [6, 6.07) is 0.0778. The highest BCUT2D eigenvalue weighted by Gasteiger charge is 2.69. The van der Waals surface area contributed by atoms with Gasteiger partial charge in [-0.3, -0.25) is 9.69 Å². The molecule has 0 radical (unpaired) electrons. The molecule has 2 saturated heterocycles. The van der Waals surface area contributed by atoms with Crippen molar-refractivity contribution in [3.63, 3.8) is 0 Å². The van der Waals surface area contributed by atoms with Crippen LogP contribution in [0.3, 0.4) is 0 Å². The molecular weight excluding hydrogens is 474 g/mol. The van der Waals surface area contributed by atoms with Gasteiger partial charge in [-0.1, -0.05) is 36.7 Å². The van der Waals surface area contributed by atoms with Crippen molar-refractivity contribution in [2.24, 2.45) is 34.5 Å². The van der Waals surface area contributed by atoms with Crippen LogP contribution >= 0.6 is 31.9 Å². The van der Waals surface area contributed by atoms with Crippen LogP contribution in [-0.2, 0) is 14.3 Å². The van der Waals surface area contributed by atoms with Gasteiger partial charge in [0.15, 0.2) is 0 Å². The highest BCUT2D eigenvalue weighted by molar-refractivity contribution is 9.12. The summed E-state index contributed by atoms with van der Waals surface area (Å²) in [7, 11) is 0. The van der Waals surface area contributed by atoms with Gasteiger partial charge in [-0.25, -0.2) is 4.79 Å². The van der Waals surface area contributed by atoms with E-state index in [2.05, 4.69) is 52.6 Å². The summed E-state index contributed by atoms with van der Waals surface area (Å²) in [5.41, 5.74) is 0.527. The number of rotatable bonds is 0. The zero-order valence-electron chi connectivity index (χ0n) is 16.3. The second-order valence-electron chi connectivity index (χ2n) is 10.3. The minimum atomic E-state index is -1.01. The fourth-order valence-electron chi connectivity index (χ4n) is 7.95. The Hall–Kier alpha value is -0.100. The van der Waals surface area contributed by atoms with Gasteiger partial charge < -0.3 is 4.74 Å². The number of ether oxygens (including phenoxy) is 1. The summed E-state index contributed by atoms with van der Waals surface area (Å²) >= 11 is 7.40. The molecule has 0 bridgehead atoms. The number of alkyl halides is 2. The molecule has 0 N–H and O–H groups in total. The van der Waals surface area contributed by atoms with E-state index in [1.165, 1.54) is 32.1 Å². The van der Waals surface area contributed by atoms with E-state index in [0.29, 0.717) is 11.3 Å². The van der Waals surface area contributed by atoms with Crippen LogP contribution in [0.15, 0.2) is 0 Å². The second-order valence-corrected chi connectivity index (χ2v) is 12.6. The zero-order valence-corrected chi connectivity index (χ0v) is 19.5. The number of carbonyl (C=O) groups excluding carboxylic acids is 2. The highest BCUT2D eigenvalue weighted by atomic mass is 79.9. The molecule has 150 valence electrons. The van der Waals surface area contributed by atoms with Gasteiger partial charge in [0.05, 0.1) is 4.83 Å². The van der Waals surface area contributed by atoms with Crippen LogP contribution in [0, 0.1) is 34.5 Å². The Balaban J connectivity index is 1.53. The molecule has 0 aromatic carbocycles. The van der Waals surface area contributed by atoms with Crippen LogP contribution in [-0.4, -0.2) is 32.3 Å². The molecule has 0 aromatic rings. The summed E-state index contributed by atoms with van der Waals surface area (Å²) in [6.07, 6.45) is 8.37. The van der Waals surface area contributed by atoms with Crippen molar-refractivity contribution >= 4 is 43.7 Å². The predicted molar refractivity (Wildman–Crippen MR) is 109 cm³/mol. The summed E-state index contributed by atoms with van der Waals surface area (Å²) in [5.74, 6) is 1.84. The molecule has 6 heteroatoms. The standard InChI is InChI=1S/C21H29Br2NO3/c1-11-4-6-13-12-5-7-16-20(3,14(12)8-9-19(11,13)2)10-15(22)21(23)24(16)17(25)18(26)27-21/h11-16H,4-10H2,1-3H3. The average molecular weight is 503 g/mol. The van der Waals surface area contributed by atoms with E-state index in [1.807, 2.05) is 0 Å². The van der Waals surface area contributed by atoms with Gasteiger partial charge in [0.25, 0.3) is 4.63 Å². The molecule has 3 aliphatic carbocycles. The minimum absolute atomic E-state index is 0.0329. The molecule has 1 amide bonds. The Morgan fingerprint density at radius 1 is 1.04 bits per heavy atom. The summed E-state index contributed by atoms with van der Waals surface area (Å²) in [6.45, 7) is 7.37. The van der Waals surface area contributed by atoms with E-state index < -0.39 is 16.5 Å². The van der Waals surface area contributed by atoms with Gasteiger partial charge in [-0.05, 0) is 95.4 Å². The van der Waals surface area contributed by atoms with Crippen LogP contribution < -0.4 is 0 Å². The van der Waals surface area contributed by atoms with E-state index in [9.17, 15) is 9.59 Å². The lowest BCUT2D eigenvalue weighted by molar-refractivity contribution is -0.172. The lowest BCUT2D eigenvalue weighted by Gasteiger charge is -2.64. The lowest BCUT2D eigenvalue weighted by atomic mass is 9.47. The lowest BCUT2D eigenvalue weighted by Crippen LogP contribution is -2.68. The van der Waals surface area contributed by atoms with Crippen LogP contribution in [0.2, 0.25) is 0 Å². The van der Waals surface area contributed by atoms with Crippen molar-refractivity contribution < 1.29 is 14.3 Å². The topological polar surface area (TPSA) is 46.6 Å². The Morgan fingerprint density at radius 2 is 1.74 bits per heavy atom. The molecular formula is C21H29Br2NO3. The largest absolute Gasteiger partial charge is 0.420 e. The first-order valence-electron chi connectivity index (χ1n) is 10.5. The maximum atomic E-state index is 12.7. The van der Waals surface area contributed by atoms with E-state index in [0.717, 1.165) is 30.6 Å². The molecule has 5 aliphatic rings. The minimum Gasteiger partial charge on any atom is -0.420 e. The summed E-state index contributed by atoms with van der Waals surface area (Å²) in [5, 5.41) is 0. The predicted octanol–water partition coefficient (Wildman–Crippen LogP) is 4.84. The molecule has 9 atom stereocenters. The van der Waals surface area contributed by atoms with Crippen LogP contribution in [0.1, 0.15) is 65.7 Å². The molecule has 2 aliphatic heterocycles. The number of esters is 1. The molecule has 0 spiro atoms. The summed E-state index contributed by atoms with van der Waals surface area (Å²) < 4.78 is 4.50. The normalized spacial score (nSPS) is 56.9. The third-order valence-electron chi connectivity index (χ3n) is 9.57. The second kappa shape index (κ2) is 5.74. The number of fused-ring (bicyclic) bond motifs is 7. The smallest absolute Gasteiger partial charge is 0.399 e. The van der Waals surface area contributed by atoms with E-state index in [1.54, 1.807) is 4.90 Å². The van der Waals surface area contributed by atoms with Crippen LogP contribution in [0.5, 0.6) is 0 Å². The fraction of sp³-hybridized carbons (Fsp3) is 0.905. The number of piperidine rings is 1. The third-order valence-corrected chi connectivity index (χ3v) is 12.2. The maximum Gasteiger partial charge on any atom is 0.399 e.